The fourth-order valence-electron chi connectivity index (χ4n) is 4.28. The number of aromatic nitrogens is 2. The molecule has 0 saturated carbocycles. The van der Waals surface area contributed by atoms with Crippen molar-refractivity contribution in [1.29, 1.82) is 0 Å². The Balaban J connectivity index is 1.77. The van der Waals surface area contributed by atoms with Crippen molar-refractivity contribution in [2.45, 2.75) is 52.6 Å². The number of aryl methyl sites for hydroxylation is 4. The summed E-state index contributed by atoms with van der Waals surface area (Å²) in [5.74, 6) is 0. The van der Waals surface area contributed by atoms with E-state index >= 15 is 0 Å². The molecule has 0 aliphatic carbocycles. The molecular formula is C23H29N3. The van der Waals surface area contributed by atoms with Crippen LogP contribution in [0.3, 0.4) is 0 Å². The van der Waals surface area contributed by atoms with E-state index in [9.17, 15) is 0 Å². The Labute approximate surface area is 156 Å². The Morgan fingerprint density at radius 3 is 2.69 bits per heavy atom. The first kappa shape index (κ1) is 17.3. The van der Waals surface area contributed by atoms with E-state index in [0.717, 1.165) is 38.0 Å². The zero-order chi connectivity index (χ0) is 18.3. The summed E-state index contributed by atoms with van der Waals surface area (Å²) in [6, 6.07) is 11.9. The lowest BCUT2D eigenvalue weighted by Crippen LogP contribution is -2.31. The molecule has 0 amide bonds. The minimum absolute atomic E-state index is 0.482. The maximum Gasteiger partial charge on any atom is 0.0486 e. The third-order valence-electron chi connectivity index (χ3n) is 6.06. The van der Waals surface area contributed by atoms with Crippen molar-refractivity contribution in [1.82, 2.24) is 14.5 Å². The molecule has 3 heteroatoms. The highest BCUT2D eigenvalue weighted by Crippen LogP contribution is 2.37. The van der Waals surface area contributed by atoms with Gasteiger partial charge in [0.1, 0.15) is 0 Å². The van der Waals surface area contributed by atoms with Crippen molar-refractivity contribution >= 4 is 10.9 Å². The molecule has 3 aromatic rings. The predicted octanol–water partition coefficient (Wildman–Crippen LogP) is 4.70. The molecule has 26 heavy (non-hydrogen) atoms. The van der Waals surface area contributed by atoms with Gasteiger partial charge in [-0.1, -0.05) is 19.1 Å². The van der Waals surface area contributed by atoms with Gasteiger partial charge >= 0.3 is 0 Å². The number of hydrogen-bond donors (Lipinski definition) is 0. The van der Waals surface area contributed by atoms with Crippen molar-refractivity contribution in [3.05, 3.63) is 64.6 Å². The van der Waals surface area contributed by atoms with Crippen molar-refractivity contribution in [2.75, 3.05) is 13.6 Å². The van der Waals surface area contributed by atoms with Crippen LogP contribution in [0.2, 0.25) is 0 Å². The van der Waals surface area contributed by atoms with Gasteiger partial charge in [-0.05, 0) is 68.6 Å². The predicted molar refractivity (Wildman–Crippen MR) is 109 cm³/mol. The molecule has 3 heterocycles. The average molecular weight is 348 g/mol. The highest BCUT2D eigenvalue weighted by Gasteiger charge is 2.27. The SMILES string of the molecule is CCc1ccc2c(c1)c1c(n2CCc2ccc(C)nc2)CCN(C)C1C. The number of rotatable bonds is 4. The topological polar surface area (TPSA) is 21.1 Å². The van der Waals surface area contributed by atoms with Gasteiger partial charge in [0.05, 0.1) is 0 Å². The Morgan fingerprint density at radius 1 is 1.15 bits per heavy atom. The average Bonchev–Trinajstić information content (AvgIpc) is 2.97. The monoisotopic (exact) mass is 347 g/mol. The number of fused-ring (bicyclic) bond motifs is 3. The van der Waals surface area contributed by atoms with Crippen molar-refractivity contribution in [3.63, 3.8) is 0 Å². The highest BCUT2D eigenvalue weighted by atomic mass is 15.1. The van der Waals surface area contributed by atoms with Gasteiger partial charge in [-0.15, -0.1) is 0 Å². The van der Waals surface area contributed by atoms with Crippen LogP contribution < -0.4 is 0 Å². The third kappa shape index (κ3) is 2.95. The van der Waals surface area contributed by atoms with E-state index in [1.54, 1.807) is 11.3 Å². The quantitative estimate of drug-likeness (QED) is 0.682. The van der Waals surface area contributed by atoms with E-state index in [4.69, 9.17) is 0 Å². The van der Waals surface area contributed by atoms with E-state index in [2.05, 4.69) is 65.7 Å². The summed E-state index contributed by atoms with van der Waals surface area (Å²) in [6.07, 6.45) is 5.29. The molecule has 0 radical (unpaired) electrons. The first-order chi connectivity index (χ1) is 12.6. The molecule has 0 saturated heterocycles. The maximum atomic E-state index is 4.46. The molecular weight excluding hydrogens is 318 g/mol. The Kier molecular flexibility index (Phi) is 4.58. The molecule has 1 aliphatic heterocycles. The van der Waals surface area contributed by atoms with E-state index in [0.29, 0.717) is 6.04 Å². The standard InChI is InChI=1S/C23H29N3/c1-5-18-8-9-21-20(14-18)23-17(3)25(4)12-11-22(23)26(21)13-10-19-7-6-16(2)24-15-19/h6-9,14-15,17H,5,10-13H2,1-4H3. The van der Waals surface area contributed by atoms with Gasteiger partial charge in [-0.3, -0.25) is 9.88 Å². The van der Waals surface area contributed by atoms with Crippen LogP contribution in [-0.2, 0) is 25.8 Å². The Bertz CT molecular complexity index is 921. The number of likely N-dealkylation sites (N-methyl/N-ethyl adjacent to an activating group) is 1. The molecule has 136 valence electrons. The van der Waals surface area contributed by atoms with Crippen LogP contribution in [-0.4, -0.2) is 28.0 Å². The lowest BCUT2D eigenvalue weighted by molar-refractivity contribution is 0.245. The van der Waals surface area contributed by atoms with Crippen LogP contribution in [0.25, 0.3) is 10.9 Å². The molecule has 4 rings (SSSR count). The second-order valence-corrected chi connectivity index (χ2v) is 7.68. The summed E-state index contributed by atoms with van der Waals surface area (Å²) in [5.41, 5.74) is 8.32. The van der Waals surface area contributed by atoms with Gasteiger partial charge in [0, 0.05) is 54.0 Å². The fraction of sp³-hybridized carbons (Fsp3) is 0.435. The van der Waals surface area contributed by atoms with Crippen LogP contribution >= 0.6 is 0 Å². The minimum atomic E-state index is 0.482. The molecule has 0 bridgehead atoms. The molecule has 0 spiro atoms. The molecule has 1 aliphatic rings. The van der Waals surface area contributed by atoms with Crippen LogP contribution in [0.5, 0.6) is 0 Å². The number of pyridine rings is 1. The van der Waals surface area contributed by atoms with Gasteiger partial charge in [-0.25, -0.2) is 0 Å². The van der Waals surface area contributed by atoms with Crippen LogP contribution in [0.15, 0.2) is 36.5 Å². The first-order valence-corrected chi connectivity index (χ1v) is 9.84. The summed E-state index contributed by atoms with van der Waals surface area (Å²) in [6.45, 7) is 8.80. The normalized spacial score (nSPS) is 17.6. The van der Waals surface area contributed by atoms with Gasteiger partial charge < -0.3 is 4.57 Å². The zero-order valence-corrected chi connectivity index (χ0v) is 16.4. The Morgan fingerprint density at radius 2 is 1.96 bits per heavy atom. The van der Waals surface area contributed by atoms with Crippen LogP contribution in [0.1, 0.15) is 48.0 Å². The smallest absolute Gasteiger partial charge is 0.0486 e. The molecule has 1 aromatic carbocycles. The summed E-state index contributed by atoms with van der Waals surface area (Å²) >= 11 is 0. The summed E-state index contributed by atoms with van der Waals surface area (Å²) < 4.78 is 2.58. The van der Waals surface area contributed by atoms with Crippen molar-refractivity contribution in [2.24, 2.45) is 0 Å². The van der Waals surface area contributed by atoms with E-state index in [1.165, 1.54) is 22.0 Å². The lowest BCUT2D eigenvalue weighted by atomic mass is 9.96. The molecule has 2 aromatic heterocycles. The van der Waals surface area contributed by atoms with Crippen LogP contribution in [0, 0.1) is 6.92 Å². The largest absolute Gasteiger partial charge is 0.344 e. The maximum absolute atomic E-state index is 4.46. The molecule has 1 atom stereocenters. The molecule has 3 nitrogen and oxygen atoms in total. The van der Waals surface area contributed by atoms with Gasteiger partial charge in [-0.2, -0.15) is 0 Å². The molecule has 0 N–H and O–H groups in total. The minimum Gasteiger partial charge on any atom is -0.344 e. The summed E-state index contributed by atoms with van der Waals surface area (Å²) in [4.78, 5) is 6.94. The lowest BCUT2D eigenvalue weighted by Gasteiger charge is -2.31. The van der Waals surface area contributed by atoms with Gasteiger partial charge in [0.25, 0.3) is 0 Å². The van der Waals surface area contributed by atoms with Gasteiger partial charge in [0.2, 0.25) is 0 Å². The zero-order valence-electron chi connectivity index (χ0n) is 16.4. The van der Waals surface area contributed by atoms with Gasteiger partial charge in [0.15, 0.2) is 0 Å². The first-order valence-electron chi connectivity index (χ1n) is 9.84. The summed E-state index contributed by atoms with van der Waals surface area (Å²) in [5, 5.41) is 1.46. The van der Waals surface area contributed by atoms with E-state index < -0.39 is 0 Å². The van der Waals surface area contributed by atoms with Crippen molar-refractivity contribution < 1.29 is 0 Å². The van der Waals surface area contributed by atoms with Crippen molar-refractivity contribution in [3.8, 4) is 0 Å². The van der Waals surface area contributed by atoms with Crippen LogP contribution in [0.4, 0.5) is 0 Å². The number of hydrogen-bond acceptors (Lipinski definition) is 2. The Hall–Kier alpha value is -2.13. The second kappa shape index (κ2) is 6.88. The fourth-order valence-corrected chi connectivity index (χ4v) is 4.28. The van der Waals surface area contributed by atoms with E-state index in [1.807, 2.05) is 13.1 Å². The second-order valence-electron chi connectivity index (χ2n) is 7.68. The third-order valence-corrected chi connectivity index (χ3v) is 6.06. The number of benzene rings is 1. The molecule has 0 fully saturated rings. The highest BCUT2D eigenvalue weighted by molar-refractivity contribution is 5.87. The number of nitrogens with zero attached hydrogens (tertiary/aromatic N) is 3. The van der Waals surface area contributed by atoms with E-state index in [-0.39, 0.29) is 0 Å². The molecule has 1 unspecified atom stereocenters. The summed E-state index contributed by atoms with van der Waals surface area (Å²) in [7, 11) is 2.25.